The minimum Gasteiger partial charge on any atom is -0.316 e. The van der Waals surface area contributed by atoms with Crippen molar-refractivity contribution in [2.45, 2.75) is 45.2 Å². The van der Waals surface area contributed by atoms with E-state index in [-0.39, 0.29) is 0 Å². The zero-order chi connectivity index (χ0) is 13.5. The molecule has 0 radical (unpaired) electrons. The molecule has 2 rings (SSSR count). The maximum absolute atomic E-state index is 3.22. The molecule has 0 amide bonds. The van der Waals surface area contributed by atoms with Crippen molar-refractivity contribution < 1.29 is 0 Å². The fraction of sp³-hybridized carbons (Fsp3) is 0.647. The van der Waals surface area contributed by atoms with Crippen molar-refractivity contribution in [2.75, 3.05) is 20.6 Å². The summed E-state index contributed by atoms with van der Waals surface area (Å²) in [7, 11) is 4.27. The van der Waals surface area contributed by atoms with Gasteiger partial charge in [-0.05, 0) is 44.0 Å². The second kappa shape index (κ2) is 7.66. The lowest BCUT2D eigenvalue weighted by Crippen LogP contribution is -2.26. The van der Waals surface area contributed by atoms with Crippen LogP contribution in [0.2, 0.25) is 0 Å². The van der Waals surface area contributed by atoms with Gasteiger partial charge >= 0.3 is 0 Å². The topological polar surface area (TPSA) is 15.3 Å². The first kappa shape index (κ1) is 14.5. The molecule has 1 fully saturated rings. The molecule has 0 aliphatic heterocycles. The van der Waals surface area contributed by atoms with Crippen LogP contribution in [0.3, 0.4) is 0 Å². The van der Waals surface area contributed by atoms with Gasteiger partial charge in [0, 0.05) is 19.6 Å². The molecular formula is C17H28N2. The van der Waals surface area contributed by atoms with Gasteiger partial charge in [0.2, 0.25) is 0 Å². The van der Waals surface area contributed by atoms with Gasteiger partial charge in [-0.1, -0.05) is 43.5 Å². The Morgan fingerprint density at radius 3 is 2.63 bits per heavy atom. The minimum absolute atomic E-state index is 0.930. The molecule has 0 atom stereocenters. The molecule has 106 valence electrons. The Morgan fingerprint density at radius 2 is 1.89 bits per heavy atom. The second-order valence-electron chi connectivity index (χ2n) is 6.05. The largest absolute Gasteiger partial charge is 0.316 e. The summed E-state index contributed by atoms with van der Waals surface area (Å²) in [5, 5.41) is 3.22. The zero-order valence-corrected chi connectivity index (χ0v) is 12.5. The van der Waals surface area contributed by atoms with Crippen LogP contribution in [0, 0.1) is 5.92 Å². The van der Waals surface area contributed by atoms with Gasteiger partial charge in [-0.3, -0.25) is 0 Å². The average molecular weight is 260 g/mol. The first-order chi connectivity index (χ1) is 9.28. The summed E-state index contributed by atoms with van der Waals surface area (Å²) in [5.41, 5.74) is 2.82. The molecule has 0 bridgehead atoms. The van der Waals surface area contributed by atoms with E-state index < -0.39 is 0 Å². The van der Waals surface area contributed by atoms with E-state index in [9.17, 15) is 0 Å². The van der Waals surface area contributed by atoms with Gasteiger partial charge in [-0.25, -0.2) is 0 Å². The molecule has 1 aliphatic carbocycles. The van der Waals surface area contributed by atoms with E-state index in [1.165, 1.54) is 49.8 Å². The first-order valence-corrected chi connectivity index (χ1v) is 7.69. The highest BCUT2D eigenvalue weighted by Gasteiger charge is 2.15. The number of hydrogen-bond acceptors (Lipinski definition) is 2. The van der Waals surface area contributed by atoms with Crippen molar-refractivity contribution >= 4 is 0 Å². The number of hydrogen-bond donors (Lipinski definition) is 1. The fourth-order valence-corrected chi connectivity index (χ4v) is 3.23. The molecule has 0 saturated heterocycles. The van der Waals surface area contributed by atoms with Crippen LogP contribution in [0.4, 0.5) is 0 Å². The van der Waals surface area contributed by atoms with Crippen LogP contribution >= 0.6 is 0 Å². The second-order valence-corrected chi connectivity index (χ2v) is 6.05. The van der Waals surface area contributed by atoms with Crippen molar-refractivity contribution in [3.63, 3.8) is 0 Å². The third-order valence-electron chi connectivity index (χ3n) is 4.12. The lowest BCUT2D eigenvalue weighted by molar-refractivity contribution is 0.228. The van der Waals surface area contributed by atoms with Crippen molar-refractivity contribution in [3.8, 4) is 0 Å². The van der Waals surface area contributed by atoms with Crippen LogP contribution in [-0.2, 0) is 13.1 Å². The Kier molecular flexibility index (Phi) is 5.87. The van der Waals surface area contributed by atoms with Crippen LogP contribution in [0.15, 0.2) is 24.3 Å². The monoisotopic (exact) mass is 260 g/mol. The number of rotatable bonds is 6. The molecule has 0 spiro atoms. The summed E-state index contributed by atoms with van der Waals surface area (Å²) in [4.78, 5) is 2.49. The standard InChI is InChI=1S/C17H28N2/c1-18-12-16-9-6-10-17(11-16)14-19(2)13-15-7-4-3-5-8-15/h6,9-11,15,18H,3-5,7-8,12-14H2,1-2H3. The van der Waals surface area contributed by atoms with E-state index in [2.05, 4.69) is 41.5 Å². The molecule has 2 nitrogen and oxygen atoms in total. The van der Waals surface area contributed by atoms with Crippen molar-refractivity contribution in [2.24, 2.45) is 5.92 Å². The Bertz CT molecular complexity index is 369. The third kappa shape index (κ3) is 4.96. The van der Waals surface area contributed by atoms with Crippen LogP contribution in [-0.4, -0.2) is 25.5 Å². The summed E-state index contributed by atoms with van der Waals surface area (Å²) >= 11 is 0. The van der Waals surface area contributed by atoms with E-state index in [1.807, 2.05) is 7.05 Å². The molecule has 1 aromatic rings. The van der Waals surface area contributed by atoms with Crippen LogP contribution in [0.1, 0.15) is 43.2 Å². The third-order valence-corrected chi connectivity index (χ3v) is 4.12. The van der Waals surface area contributed by atoms with Crippen LogP contribution in [0.25, 0.3) is 0 Å². The lowest BCUT2D eigenvalue weighted by Gasteiger charge is -2.27. The van der Waals surface area contributed by atoms with Gasteiger partial charge in [0.15, 0.2) is 0 Å². The van der Waals surface area contributed by atoms with E-state index in [0.29, 0.717) is 0 Å². The lowest BCUT2D eigenvalue weighted by atomic mass is 9.89. The van der Waals surface area contributed by atoms with Gasteiger partial charge in [0.05, 0.1) is 0 Å². The predicted octanol–water partition coefficient (Wildman–Crippen LogP) is 3.42. The molecule has 1 saturated carbocycles. The van der Waals surface area contributed by atoms with Gasteiger partial charge in [-0.2, -0.15) is 0 Å². The summed E-state index contributed by atoms with van der Waals surface area (Å²) in [6, 6.07) is 8.95. The molecule has 0 aromatic heterocycles. The SMILES string of the molecule is CNCc1cccc(CN(C)CC2CCCCC2)c1. The minimum atomic E-state index is 0.930. The van der Waals surface area contributed by atoms with Crippen molar-refractivity contribution in [3.05, 3.63) is 35.4 Å². The van der Waals surface area contributed by atoms with Crippen molar-refractivity contribution in [1.29, 1.82) is 0 Å². The summed E-state index contributed by atoms with van der Waals surface area (Å²) in [6.07, 6.45) is 7.20. The maximum atomic E-state index is 3.22. The first-order valence-electron chi connectivity index (χ1n) is 7.69. The van der Waals surface area contributed by atoms with E-state index in [4.69, 9.17) is 0 Å². The number of nitrogens with one attached hydrogen (secondary N) is 1. The van der Waals surface area contributed by atoms with E-state index >= 15 is 0 Å². The summed E-state index contributed by atoms with van der Waals surface area (Å²) in [5.74, 6) is 0.930. The normalized spacial score (nSPS) is 17.0. The van der Waals surface area contributed by atoms with Gasteiger partial charge < -0.3 is 10.2 Å². The maximum Gasteiger partial charge on any atom is 0.0230 e. The van der Waals surface area contributed by atoms with Gasteiger partial charge in [0.25, 0.3) is 0 Å². The Labute approximate surface area is 118 Å². The van der Waals surface area contributed by atoms with Gasteiger partial charge in [0.1, 0.15) is 0 Å². The molecular weight excluding hydrogens is 232 g/mol. The van der Waals surface area contributed by atoms with Crippen LogP contribution < -0.4 is 5.32 Å². The Hall–Kier alpha value is -0.860. The summed E-state index contributed by atoms with van der Waals surface area (Å²) in [6.45, 7) is 3.30. The fourth-order valence-electron chi connectivity index (χ4n) is 3.23. The van der Waals surface area contributed by atoms with Crippen LogP contribution in [0.5, 0.6) is 0 Å². The zero-order valence-electron chi connectivity index (χ0n) is 12.5. The highest BCUT2D eigenvalue weighted by molar-refractivity contribution is 5.23. The number of nitrogens with zero attached hydrogens (tertiary/aromatic N) is 1. The average Bonchev–Trinajstić information content (AvgIpc) is 2.40. The molecule has 2 heteroatoms. The Balaban J connectivity index is 1.83. The molecule has 19 heavy (non-hydrogen) atoms. The van der Waals surface area contributed by atoms with Crippen molar-refractivity contribution in [1.82, 2.24) is 10.2 Å². The molecule has 1 aliphatic rings. The van der Waals surface area contributed by atoms with E-state index in [0.717, 1.165) is 19.0 Å². The summed E-state index contributed by atoms with van der Waals surface area (Å²) < 4.78 is 0. The highest BCUT2D eigenvalue weighted by atomic mass is 15.1. The molecule has 0 unspecified atom stereocenters. The smallest absolute Gasteiger partial charge is 0.0230 e. The van der Waals surface area contributed by atoms with Gasteiger partial charge in [-0.15, -0.1) is 0 Å². The molecule has 1 aromatic carbocycles. The Morgan fingerprint density at radius 1 is 1.16 bits per heavy atom. The highest BCUT2D eigenvalue weighted by Crippen LogP contribution is 2.24. The molecule has 0 heterocycles. The van der Waals surface area contributed by atoms with E-state index in [1.54, 1.807) is 0 Å². The molecule has 1 N–H and O–H groups in total. The quantitative estimate of drug-likeness (QED) is 0.843. The predicted molar refractivity (Wildman–Crippen MR) is 82.1 cm³/mol. The number of benzene rings is 1.